The van der Waals surface area contributed by atoms with E-state index in [1.165, 1.54) is 13.0 Å². The molecule has 0 saturated carbocycles. The normalized spacial score (nSPS) is 17.1. The van der Waals surface area contributed by atoms with Crippen molar-refractivity contribution in [3.8, 4) is 0 Å². The number of nitrogens with zero attached hydrogens (tertiary/aromatic N) is 2. The number of benzene rings is 1. The Labute approximate surface area is 121 Å². The maximum absolute atomic E-state index is 12.3. The Kier molecular flexibility index (Phi) is 4.28. The molecule has 1 saturated heterocycles. The predicted octanol–water partition coefficient (Wildman–Crippen LogP) is 2.27. The Hall–Kier alpha value is -1.22. The van der Waals surface area contributed by atoms with Gasteiger partial charge in [0.05, 0.1) is 21.4 Å². The quantitative estimate of drug-likeness (QED) is 0.629. The van der Waals surface area contributed by atoms with Gasteiger partial charge in [-0.05, 0) is 25.8 Å². The summed E-state index contributed by atoms with van der Waals surface area (Å²) >= 11 is 5.88. The number of hydroxylamine groups is 1. The maximum Gasteiger partial charge on any atom is 0.275 e. The molecule has 0 atom stereocenters. The summed E-state index contributed by atoms with van der Waals surface area (Å²) in [4.78, 5) is 15.1. The Balaban J connectivity index is 2.49. The van der Waals surface area contributed by atoms with Crippen LogP contribution in [0.1, 0.15) is 18.4 Å². The van der Waals surface area contributed by atoms with Crippen molar-refractivity contribution >= 4 is 27.3 Å². The molecule has 20 heavy (non-hydrogen) atoms. The summed E-state index contributed by atoms with van der Waals surface area (Å²) in [5.74, 6) is 0. The minimum absolute atomic E-state index is 0.0368. The number of halogens is 1. The van der Waals surface area contributed by atoms with Gasteiger partial charge < -0.3 is 0 Å². The summed E-state index contributed by atoms with van der Waals surface area (Å²) in [6, 6.07) is 2.21. The molecule has 1 heterocycles. The molecule has 110 valence electrons. The van der Waals surface area contributed by atoms with Gasteiger partial charge in [0.15, 0.2) is 0 Å². The van der Waals surface area contributed by atoms with Crippen molar-refractivity contribution in [1.29, 1.82) is 0 Å². The van der Waals surface area contributed by atoms with E-state index in [9.17, 15) is 18.5 Å². The van der Waals surface area contributed by atoms with Crippen LogP contribution in [0.4, 0.5) is 5.69 Å². The fourth-order valence-corrected chi connectivity index (χ4v) is 3.48. The van der Waals surface area contributed by atoms with Crippen molar-refractivity contribution in [3.05, 3.63) is 32.8 Å². The van der Waals surface area contributed by atoms with Gasteiger partial charge in [0, 0.05) is 18.2 Å². The fourth-order valence-electron chi connectivity index (χ4n) is 1.86. The highest BCUT2D eigenvalue weighted by atomic mass is 35.5. The van der Waals surface area contributed by atoms with Crippen LogP contribution in [0.5, 0.6) is 0 Å². The van der Waals surface area contributed by atoms with Crippen molar-refractivity contribution in [2.24, 2.45) is 0 Å². The average molecular weight is 321 g/mol. The second-order valence-corrected chi connectivity index (χ2v) is 6.61. The van der Waals surface area contributed by atoms with Gasteiger partial charge in [-0.25, -0.2) is 8.42 Å². The summed E-state index contributed by atoms with van der Waals surface area (Å²) in [7, 11) is -3.94. The molecule has 1 fully saturated rings. The Morgan fingerprint density at radius 1 is 1.40 bits per heavy atom. The molecule has 1 aromatic rings. The SMILES string of the molecule is Cc1c(Cl)cc(S(=O)(=O)N2CCCCO2)cc1[N+](=O)[O-]. The Bertz CT molecular complexity index is 640. The minimum atomic E-state index is -3.94. The van der Waals surface area contributed by atoms with E-state index in [-0.39, 0.29) is 27.7 Å². The molecule has 1 aromatic carbocycles. The molecule has 2 rings (SSSR count). The lowest BCUT2D eigenvalue weighted by molar-refractivity contribution is -0.385. The lowest BCUT2D eigenvalue weighted by Crippen LogP contribution is -2.35. The zero-order valence-electron chi connectivity index (χ0n) is 10.7. The topological polar surface area (TPSA) is 89.8 Å². The zero-order valence-corrected chi connectivity index (χ0v) is 12.3. The molecule has 0 aromatic heterocycles. The van der Waals surface area contributed by atoms with E-state index in [2.05, 4.69) is 0 Å². The smallest absolute Gasteiger partial charge is 0.275 e. The molecule has 0 aliphatic carbocycles. The summed E-state index contributed by atoms with van der Waals surface area (Å²) < 4.78 is 25.6. The molecule has 0 unspecified atom stereocenters. The van der Waals surface area contributed by atoms with Crippen LogP contribution in [0, 0.1) is 17.0 Å². The van der Waals surface area contributed by atoms with Gasteiger partial charge >= 0.3 is 0 Å². The zero-order chi connectivity index (χ0) is 14.9. The first-order valence-electron chi connectivity index (χ1n) is 5.94. The summed E-state index contributed by atoms with van der Waals surface area (Å²) in [5, 5.41) is 11.0. The van der Waals surface area contributed by atoms with Crippen LogP contribution in [0.3, 0.4) is 0 Å². The second kappa shape index (κ2) is 5.65. The van der Waals surface area contributed by atoms with Gasteiger partial charge in [-0.2, -0.15) is 0 Å². The van der Waals surface area contributed by atoms with Gasteiger partial charge in [-0.1, -0.05) is 16.1 Å². The van der Waals surface area contributed by atoms with E-state index in [1.54, 1.807) is 0 Å². The van der Waals surface area contributed by atoms with Gasteiger partial charge in [0.2, 0.25) is 0 Å². The standard InChI is InChI=1S/C11H13ClN2O5S/c1-8-10(12)6-9(7-11(8)14(15)16)20(17,18)13-4-2-3-5-19-13/h6-7H,2-5H2,1H3. The van der Waals surface area contributed by atoms with E-state index in [0.29, 0.717) is 13.0 Å². The third kappa shape index (κ3) is 2.78. The maximum atomic E-state index is 12.3. The molecule has 0 spiro atoms. The largest absolute Gasteiger partial charge is 0.284 e. The van der Waals surface area contributed by atoms with E-state index >= 15 is 0 Å². The highest BCUT2D eigenvalue weighted by molar-refractivity contribution is 7.89. The third-order valence-corrected chi connectivity index (χ3v) is 5.07. The summed E-state index contributed by atoms with van der Waals surface area (Å²) in [6.45, 7) is 2.00. The van der Waals surface area contributed by atoms with E-state index in [1.807, 2.05) is 0 Å². The first kappa shape index (κ1) is 15.2. The van der Waals surface area contributed by atoms with Crippen LogP contribution in [-0.2, 0) is 14.9 Å². The first-order chi connectivity index (χ1) is 9.34. The molecule has 0 amide bonds. The molecule has 0 bridgehead atoms. The second-order valence-electron chi connectivity index (χ2n) is 4.38. The van der Waals surface area contributed by atoms with Gasteiger partial charge in [0.1, 0.15) is 0 Å². The number of hydrogen-bond acceptors (Lipinski definition) is 5. The highest BCUT2D eigenvalue weighted by Gasteiger charge is 2.30. The fraction of sp³-hybridized carbons (Fsp3) is 0.455. The molecule has 0 radical (unpaired) electrons. The number of hydrogen-bond donors (Lipinski definition) is 0. The van der Waals surface area contributed by atoms with Crippen LogP contribution < -0.4 is 0 Å². The number of rotatable bonds is 3. The number of nitro groups is 1. The van der Waals surface area contributed by atoms with Crippen LogP contribution in [0.15, 0.2) is 17.0 Å². The molecule has 1 aliphatic rings. The molecule has 1 aliphatic heterocycles. The number of nitro benzene ring substituents is 1. The van der Waals surface area contributed by atoms with E-state index < -0.39 is 14.9 Å². The summed E-state index contributed by atoms with van der Waals surface area (Å²) in [6.07, 6.45) is 1.46. The Morgan fingerprint density at radius 3 is 2.65 bits per heavy atom. The van der Waals surface area contributed by atoms with Crippen LogP contribution >= 0.6 is 11.6 Å². The van der Waals surface area contributed by atoms with E-state index in [4.69, 9.17) is 16.4 Å². The molecular weight excluding hydrogens is 308 g/mol. The van der Waals surface area contributed by atoms with Crippen LogP contribution in [0.2, 0.25) is 5.02 Å². The van der Waals surface area contributed by atoms with Crippen molar-refractivity contribution < 1.29 is 18.2 Å². The lowest BCUT2D eigenvalue weighted by Gasteiger charge is -2.25. The monoisotopic (exact) mass is 320 g/mol. The van der Waals surface area contributed by atoms with Crippen molar-refractivity contribution in [1.82, 2.24) is 4.47 Å². The molecule has 0 N–H and O–H groups in total. The van der Waals surface area contributed by atoms with Crippen LogP contribution in [-0.4, -0.2) is 31.0 Å². The minimum Gasteiger partial charge on any atom is -0.284 e. The van der Waals surface area contributed by atoms with Gasteiger partial charge in [0.25, 0.3) is 15.7 Å². The first-order valence-corrected chi connectivity index (χ1v) is 7.76. The van der Waals surface area contributed by atoms with Gasteiger partial charge in [-0.15, -0.1) is 0 Å². The average Bonchev–Trinajstić information content (AvgIpc) is 2.42. The summed E-state index contributed by atoms with van der Waals surface area (Å²) in [5.41, 5.74) is -0.0942. The number of sulfonamides is 1. The molecule has 9 heteroatoms. The Morgan fingerprint density at radius 2 is 2.10 bits per heavy atom. The van der Waals surface area contributed by atoms with Crippen molar-refractivity contribution in [3.63, 3.8) is 0 Å². The molecule has 7 nitrogen and oxygen atoms in total. The van der Waals surface area contributed by atoms with E-state index in [0.717, 1.165) is 17.0 Å². The highest BCUT2D eigenvalue weighted by Crippen LogP contribution is 2.31. The van der Waals surface area contributed by atoms with Crippen molar-refractivity contribution in [2.75, 3.05) is 13.2 Å². The van der Waals surface area contributed by atoms with Crippen LogP contribution in [0.25, 0.3) is 0 Å². The molecular formula is C11H13ClN2O5S. The third-order valence-electron chi connectivity index (χ3n) is 3.02. The van der Waals surface area contributed by atoms with Gasteiger partial charge in [-0.3, -0.25) is 15.0 Å². The lowest BCUT2D eigenvalue weighted by atomic mass is 10.2. The van der Waals surface area contributed by atoms with Crippen molar-refractivity contribution in [2.45, 2.75) is 24.7 Å². The predicted molar refractivity (Wildman–Crippen MR) is 71.9 cm³/mol.